The standard InChI is InChI=1S/C2H4N2S8/c3-1(5)7-9-11-12-10-8-2(4)6/h(H2,3,5)(H2,4,6). The van der Waals surface area contributed by atoms with Crippen molar-refractivity contribution in [2.24, 2.45) is 11.5 Å². The highest BCUT2D eigenvalue weighted by Crippen LogP contribution is 2.52. The van der Waals surface area contributed by atoms with Gasteiger partial charge in [-0.15, -0.1) is 0 Å². The molecule has 10 heteroatoms. The van der Waals surface area contributed by atoms with Gasteiger partial charge < -0.3 is 11.5 Å². The van der Waals surface area contributed by atoms with Crippen LogP contribution in [0.4, 0.5) is 0 Å². The quantitative estimate of drug-likeness (QED) is 0.448. The van der Waals surface area contributed by atoms with Crippen LogP contribution >= 0.6 is 85.3 Å². The zero-order valence-electron chi connectivity index (χ0n) is 5.42. The van der Waals surface area contributed by atoms with Gasteiger partial charge in [0, 0.05) is 0 Å². The Labute approximate surface area is 104 Å². The SMILES string of the molecule is NC(=S)SSSSSSC(N)=S. The van der Waals surface area contributed by atoms with Crippen molar-refractivity contribution in [3.05, 3.63) is 0 Å². The summed E-state index contributed by atoms with van der Waals surface area (Å²) in [5.74, 6) is 0. The minimum absolute atomic E-state index is 0.445. The van der Waals surface area contributed by atoms with E-state index in [2.05, 4.69) is 24.4 Å². The summed E-state index contributed by atoms with van der Waals surface area (Å²) in [6.45, 7) is 0. The highest BCUT2D eigenvalue weighted by molar-refractivity contribution is 9.43. The van der Waals surface area contributed by atoms with Crippen molar-refractivity contribution in [3.8, 4) is 0 Å². The summed E-state index contributed by atoms with van der Waals surface area (Å²) >= 11 is 9.32. The maximum absolute atomic E-state index is 5.25. The molecule has 2 nitrogen and oxygen atoms in total. The second kappa shape index (κ2) is 9.44. The zero-order valence-corrected chi connectivity index (χ0v) is 12.0. The van der Waals surface area contributed by atoms with Crippen LogP contribution in [0.3, 0.4) is 0 Å². The van der Waals surface area contributed by atoms with Gasteiger partial charge in [0.25, 0.3) is 0 Å². The van der Waals surface area contributed by atoms with Gasteiger partial charge in [-0.05, 0) is 60.9 Å². The number of rotatable bonds is 5. The van der Waals surface area contributed by atoms with Crippen molar-refractivity contribution in [3.63, 3.8) is 0 Å². The molecule has 0 aliphatic heterocycles. The monoisotopic (exact) mass is 312 g/mol. The highest BCUT2D eigenvalue weighted by atomic mass is 33.9. The first-order chi connectivity index (χ1) is 5.63. The van der Waals surface area contributed by atoms with E-state index >= 15 is 0 Å². The number of thiocarbonyl (C=S) groups is 2. The molecule has 0 radical (unpaired) electrons. The molecular formula is C2H4N2S8. The Bertz CT molecular complexity index is 139. The van der Waals surface area contributed by atoms with Crippen LogP contribution in [0.5, 0.6) is 0 Å². The molecule has 0 rings (SSSR count). The maximum atomic E-state index is 5.25. The average molecular weight is 313 g/mol. The molecule has 0 aromatic rings. The normalized spacial score (nSPS) is 9.67. The van der Waals surface area contributed by atoms with E-state index in [1.54, 1.807) is 19.7 Å². The summed E-state index contributed by atoms with van der Waals surface area (Å²) in [7, 11) is 8.95. The first-order valence-electron chi connectivity index (χ1n) is 2.23. The second-order valence-electron chi connectivity index (χ2n) is 1.08. The Morgan fingerprint density at radius 2 is 1.08 bits per heavy atom. The lowest BCUT2D eigenvalue weighted by Gasteiger charge is -1.95. The van der Waals surface area contributed by atoms with Crippen LogP contribution in [-0.2, 0) is 0 Å². The first kappa shape index (κ1) is 13.9. The Morgan fingerprint density at radius 1 is 0.750 bits per heavy atom. The average Bonchev–Trinajstić information content (AvgIpc) is 1.95. The van der Waals surface area contributed by atoms with Gasteiger partial charge in [0.05, 0.1) is 0 Å². The molecule has 0 spiro atoms. The second-order valence-corrected chi connectivity index (χ2v) is 11.8. The van der Waals surface area contributed by atoms with Crippen LogP contribution in [0.25, 0.3) is 0 Å². The van der Waals surface area contributed by atoms with Gasteiger partial charge in [0.2, 0.25) is 0 Å². The van der Waals surface area contributed by atoms with Gasteiger partial charge in [-0.1, -0.05) is 24.4 Å². The van der Waals surface area contributed by atoms with Gasteiger partial charge >= 0.3 is 0 Å². The van der Waals surface area contributed by atoms with Crippen LogP contribution < -0.4 is 11.5 Å². The minimum Gasteiger partial charge on any atom is -0.384 e. The fraction of sp³-hybridized carbons (Fsp3) is 0. The number of hydrogen-bond donors (Lipinski definition) is 2. The van der Waals surface area contributed by atoms with E-state index in [1.807, 2.05) is 0 Å². The number of hydrogen-bond acceptors (Lipinski definition) is 8. The lowest BCUT2D eigenvalue weighted by atomic mass is 11.5. The van der Waals surface area contributed by atoms with Crippen LogP contribution in [-0.4, -0.2) is 8.64 Å². The van der Waals surface area contributed by atoms with Crippen LogP contribution in [0.1, 0.15) is 0 Å². The van der Waals surface area contributed by atoms with E-state index in [-0.39, 0.29) is 0 Å². The molecule has 0 atom stereocenters. The molecule has 0 amide bonds. The van der Waals surface area contributed by atoms with Gasteiger partial charge in [-0.25, -0.2) is 0 Å². The summed E-state index contributed by atoms with van der Waals surface area (Å²) in [5, 5.41) is 0. The summed E-state index contributed by atoms with van der Waals surface area (Å²) in [6, 6.07) is 0. The summed E-state index contributed by atoms with van der Waals surface area (Å²) in [5.41, 5.74) is 10.5. The Hall–Kier alpha value is 1.88. The van der Waals surface area contributed by atoms with Crippen LogP contribution in [0, 0.1) is 0 Å². The van der Waals surface area contributed by atoms with E-state index in [0.717, 1.165) is 0 Å². The predicted molar refractivity (Wildman–Crippen MR) is 79.1 cm³/mol. The van der Waals surface area contributed by atoms with E-state index in [9.17, 15) is 0 Å². The Kier molecular flexibility index (Phi) is 10.9. The lowest BCUT2D eigenvalue weighted by molar-refractivity contribution is 1.91. The fourth-order valence-electron chi connectivity index (χ4n) is 0.118. The van der Waals surface area contributed by atoms with E-state index < -0.39 is 0 Å². The maximum Gasteiger partial charge on any atom is 0.142 e. The molecule has 0 aromatic carbocycles. The smallest absolute Gasteiger partial charge is 0.142 e. The third-order valence-electron chi connectivity index (χ3n) is 0.316. The lowest BCUT2D eigenvalue weighted by Crippen LogP contribution is -1.98. The third-order valence-corrected chi connectivity index (χ3v) is 11.3. The molecule has 70 valence electrons. The molecule has 0 saturated heterocycles. The molecule has 0 aromatic heterocycles. The molecule has 0 aliphatic carbocycles. The third kappa shape index (κ3) is 11.9. The van der Waals surface area contributed by atoms with Gasteiger partial charge in [-0.3, -0.25) is 0 Å². The molecule has 0 unspecified atom stereocenters. The molecular weight excluding hydrogens is 309 g/mol. The van der Waals surface area contributed by atoms with Crippen LogP contribution in [0.2, 0.25) is 0 Å². The zero-order chi connectivity index (χ0) is 9.40. The Balaban J connectivity index is 3.01. The van der Waals surface area contributed by atoms with Crippen molar-refractivity contribution >= 4 is 94.0 Å². The van der Waals surface area contributed by atoms with E-state index in [4.69, 9.17) is 11.5 Å². The summed E-state index contributed by atoms with van der Waals surface area (Å²) in [4.78, 5) is 0. The van der Waals surface area contributed by atoms with Gasteiger partial charge in [0.15, 0.2) is 0 Å². The van der Waals surface area contributed by atoms with E-state index in [1.165, 1.54) is 41.2 Å². The van der Waals surface area contributed by atoms with Crippen molar-refractivity contribution in [2.75, 3.05) is 0 Å². The van der Waals surface area contributed by atoms with Crippen molar-refractivity contribution in [1.82, 2.24) is 0 Å². The van der Waals surface area contributed by atoms with E-state index in [0.29, 0.717) is 8.64 Å². The fourth-order valence-corrected chi connectivity index (χ4v) is 11.1. The molecule has 0 saturated carbocycles. The topological polar surface area (TPSA) is 52.0 Å². The van der Waals surface area contributed by atoms with Gasteiger partial charge in [0.1, 0.15) is 8.64 Å². The molecule has 0 aliphatic rings. The largest absolute Gasteiger partial charge is 0.384 e. The Morgan fingerprint density at radius 3 is 1.33 bits per heavy atom. The summed E-state index contributed by atoms with van der Waals surface area (Å²) < 4.78 is 0.889. The van der Waals surface area contributed by atoms with Crippen LogP contribution in [0.15, 0.2) is 0 Å². The van der Waals surface area contributed by atoms with Crippen molar-refractivity contribution < 1.29 is 0 Å². The van der Waals surface area contributed by atoms with Crippen molar-refractivity contribution in [2.45, 2.75) is 0 Å². The van der Waals surface area contributed by atoms with Gasteiger partial charge in [-0.2, -0.15) is 0 Å². The molecule has 0 fully saturated rings. The summed E-state index contributed by atoms with van der Waals surface area (Å²) in [6.07, 6.45) is 0. The molecule has 12 heavy (non-hydrogen) atoms. The highest BCUT2D eigenvalue weighted by Gasteiger charge is 1.96. The molecule has 0 bridgehead atoms. The molecule has 4 N–H and O–H groups in total. The number of nitrogens with two attached hydrogens (primary N) is 2. The predicted octanol–water partition coefficient (Wildman–Crippen LogP) is 3.45. The first-order valence-corrected chi connectivity index (χ1v) is 10.5. The van der Waals surface area contributed by atoms with Crippen molar-refractivity contribution in [1.29, 1.82) is 0 Å². The molecule has 0 heterocycles. The minimum atomic E-state index is 0.445.